The van der Waals surface area contributed by atoms with Gasteiger partial charge in [-0.1, -0.05) is 23.2 Å². The lowest BCUT2D eigenvalue weighted by Crippen LogP contribution is -2.36. The van der Waals surface area contributed by atoms with Crippen LogP contribution in [0.4, 0.5) is 0 Å². The second kappa shape index (κ2) is 7.72. The molecule has 0 heterocycles. The lowest BCUT2D eigenvalue weighted by Gasteiger charge is -2.22. The van der Waals surface area contributed by atoms with Gasteiger partial charge in [0.15, 0.2) is 6.61 Å². The highest BCUT2D eigenvalue weighted by Gasteiger charge is 2.16. The highest BCUT2D eigenvalue weighted by Crippen LogP contribution is 2.32. The second-order valence-corrected chi connectivity index (χ2v) is 5.64. The van der Waals surface area contributed by atoms with Crippen LogP contribution in [0.1, 0.15) is 19.4 Å². The van der Waals surface area contributed by atoms with Crippen molar-refractivity contribution in [1.29, 1.82) is 0 Å². The summed E-state index contributed by atoms with van der Waals surface area (Å²) in [5, 5.41) is 3.96. The summed E-state index contributed by atoms with van der Waals surface area (Å²) in [7, 11) is 3.56. The standard InChI is InChI=1S/C14H20Cl2N2O2/c1-9(2)18(4)13(19)8-20-14-10(7-17-3)5-11(15)6-12(14)16/h5-6,9,17H,7-8H2,1-4H3. The molecule has 0 spiro atoms. The Bertz CT molecular complexity index is 478. The van der Waals surface area contributed by atoms with E-state index in [1.165, 1.54) is 0 Å². The van der Waals surface area contributed by atoms with Crippen LogP contribution in [0.3, 0.4) is 0 Å². The summed E-state index contributed by atoms with van der Waals surface area (Å²) >= 11 is 12.1. The van der Waals surface area contributed by atoms with Gasteiger partial charge < -0.3 is 15.0 Å². The Kier molecular flexibility index (Phi) is 6.59. The number of carbonyl (C=O) groups is 1. The highest BCUT2D eigenvalue weighted by molar-refractivity contribution is 6.35. The number of ether oxygens (including phenoxy) is 1. The molecule has 0 saturated heterocycles. The fraction of sp³-hybridized carbons (Fsp3) is 0.500. The summed E-state index contributed by atoms with van der Waals surface area (Å²) in [5.41, 5.74) is 0.824. The van der Waals surface area contributed by atoms with Crippen molar-refractivity contribution >= 4 is 29.1 Å². The molecule has 0 aromatic heterocycles. The van der Waals surface area contributed by atoms with Gasteiger partial charge in [-0.05, 0) is 33.0 Å². The third-order valence-electron chi connectivity index (χ3n) is 2.96. The maximum atomic E-state index is 11.9. The van der Waals surface area contributed by atoms with Crippen LogP contribution in [0.15, 0.2) is 12.1 Å². The Balaban J connectivity index is 2.84. The van der Waals surface area contributed by atoms with E-state index in [-0.39, 0.29) is 18.6 Å². The van der Waals surface area contributed by atoms with E-state index in [9.17, 15) is 4.79 Å². The van der Waals surface area contributed by atoms with Gasteiger partial charge in [-0.15, -0.1) is 0 Å². The van der Waals surface area contributed by atoms with E-state index in [0.29, 0.717) is 22.3 Å². The summed E-state index contributed by atoms with van der Waals surface area (Å²) < 4.78 is 5.59. The van der Waals surface area contributed by atoms with Crippen LogP contribution >= 0.6 is 23.2 Å². The molecule has 0 aliphatic heterocycles. The van der Waals surface area contributed by atoms with Crippen molar-refractivity contribution in [3.05, 3.63) is 27.7 Å². The molecule has 1 N–H and O–H groups in total. The monoisotopic (exact) mass is 318 g/mol. The van der Waals surface area contributed by atoms with Crippen molar-refractivity contribution in [1.82, 2.24) is 10.2 Å². The molecule has 0 aliphatic carbocycles. The van der Waals surface area contributed by atoms with Gasteiger partial charge in [-0.25, -0.2) is 0 Å². The van der Waals surface area contributed by atoms with Crippen LogP contribution in [-0.2, 0) is 11.3 Å². The zero-order valence-electron chi connectivity index (χ0n) is 12.2. The number of rotatable bonds is 6. The number of amides is 1. The molecule has 1 rings (SSSR count). The van der Waals surface area contributed by atoms with Gasteiger partial charge in [-0.3, -0.25) is 4.79 Å². The zero-order valence-corrected chi connectivity index (χ0v) is 13.7. The van der Waals surface area contributed by atoms with Gasteiger partial charge in [-0.2, -0.15) is 0 Å². The number of hydrogen-bond acceptors (Lipinski definition) is 3. The Hall–Kier alpha value is -0.970. The van der Waals surface area contributed by atoms with E-state index in [0.717, 1.165) is 5.56 Å². The van der Waals surface area contributed by atoms with Crippen LogP contribution in [0.2, 0.25) is 10.0 Å². The van der Waals surface area contributed by atoms with Crippen molar-refractivity contribution in [2.45, 2.75) is 26.4 Å². The minimum Gasteiger partial charge on any atom is -0.482 e. The SMILES string of the molecule is CNCc1cc(Cl)cc(Cl)c1OCC(=O)N(C)C(C)C. The summed E-state index contributed by atoms with van der Waals surface area (Å²) in [6.45, 7) is 4.40. The van der Waals surface area contributed by atoms with E-state index in [1.54, 1.807) is 24.1 Å². The predicted molar refractivity (Wildman–Crippen MR) is 82.6 cm³/mol. The van der Waals surface area contributed by atoms with Crippen LogP contribution in [0.5, 0.6) is 5.75 Å². The lowest BCUT2D eigenvalue weighted by atomic mass is 10.2. The molecular weight excluding hydrogens is 299 g/mol. The molecule has 0 aliphatic rings. The molecular formula is C14H20Cl2N2O2. The van der Waals surface area contributed by atoms with E-state index < -0.39 is 0 Å². The number of halogens is 2. The number of nitrogens with one attached hydrogen (secondary N) is 1. The van der Waals surface area contributed by atoms with Crippen molar-refractivity contribution in [2.24, 2.45) is 0 Å². The van der Waals surface area contributed by atoms with Crippen LogP contribution in [0.25, 0.3) is 0 Å². The molecule has 20 heavy (non-hydrogen) atoms. The number of hydrogen-bond donors (Lipinski definition) is 1. The second-order valence-electron chi connectivity index (χ2n) is 4.79. The Morgan fingerprint density at radius 3 is 2.60 bits per heavy atom. The molecule has 0 saturated carbocycles. The molecule has 112 valence electrons. The average Bonchev–Trinajstić information content (AvgIpc) is 2.36. The summed E-state index contributed by atoms with van der Waals surface area (Å²) in [5.74, 6) is 0.400. The third-order valence-corrected chi connectivity index (χ3v) is 3.46. The molecule has 0 fully saturated rings. The Labute approximate surface area is 130 Å². The lowest BCUT2D eigenvalue weighted by molar-refractivity contribution is -0.133. The van der Waals surface area contributed by atoms with E-state index in [1.807, 2.05) is 20.9 Å². The first kappa shape index (κ1) is 17.1. The van der Waals surface area contributed by atoms with E-state index >= 15 is 0 Å². The van der Waals surface area contributed by atoms with Crippen LogP contribution in [0, 0.1) is 0 Å². The molecule has 0 atom stereocenters. The topological polar surface area (TPSA) is 41.6 Å². The number of likely N-dealkylation sites (N-methyl/N-ethyl adjacent to an activating group) is 1. The molecule has 1 aromatic carbocycles. The fourth-order valence-corrected chi connectivity index (χ4v) is 2.21. The molecule has 6 heteroatoms. The Morgan fingerprint density at radius 1 is 1.40 bits per heavy atom. The average molecular weight is 319 g/mol. The summed E-state index contributed by atoms with van der Waals surface area (Å²) in [6, 6.07) is 3.51. The first-order valence-electron chi connectivity index (χ1n) is 6.37. The predicted octanol–water partition coefficient (Wildman–Crippen LogP) is 2.96. The number of carbonyl (C=O) groups excluding carboxylic acids is 1. The van der Waals surface area contributed by atoms with Crippen molar-refractivity contribution in [3.8, 4) is 5.75 Å². The van der Waals surface area contributed by atoms with Gasteiger partial charge >= 0.3 is 0 Å². The van der Waals surface area contributed by atoms with Gasteiger partial charge in [0.05, 0.1) is 5.02 Å². The number of nitrogens with zero attached hydrogens (tertiary/aromatic N) is 1. The molecule has 4 nitrogen and oxygen atoms in total. The minimum absolute atomic E-state index is 0.0489. The van der Waals surface area contributed by atoms with Gasteiger partial charge in [0.25, 0.3) is 5.91 Å². The maximum Gasteiger partial charge on any atom is 0.260 e. The van der Waals surface area contributed by atoms with Crippen LogP contribution in [-0.4, -0.2) is 37.6 Å². The normalized spacial score (nSPS) is 10.8. The van der Waals surface area contributed by atoms with Crippen molar-refractivity contribution < 1.29 is 9.53 Å². The summed E-state index contributed by atoms with van der Waals surface area (Å²) in [4.78, 5) is 13.5. The van der Waals surface area contributed by atoms with E-state index in [4.69, 9.17) is 27.9 Å². The first-order chi connectivity index (χ1) is 9.36. The maximum absolute atomic E-state index is 11.9. The third kappa shape index (κ3) is 4.54. The zero-order chi connectivity index (χ0) is 15.3. The van der Waals surface area contributed by atoms with E-state index in [2.05, 4.69) is 5.32 Å². The molecule has 0 unspecified atom stereocenters. The van der Waals surface area contributed by atoms with Crippen molar-refractivity contribution in [2.75, 3.05) is 20.7 Å². The molecule has 1 amide bonds. The van der Waals surface area contributed by atoms with Gasteiger partial charge in [0, 0.05) is 30.2 Å². The van der Waals surface area contributed by atoms with Crippen LogP contribution < -0.4 is 10.1 Å². The molecule has 0 radical (unpaired) electrons. The largest absolute Gasteiger partial charge is 0.482 e. The summed E-state index contributed by atoms with van der Waals surface area (Å²) in [6.07, 6.45) is 0. The quantitative estimate of drug-likeness (QED) is 0.876. The van der Waals surface area contributed by atoms with Gasteiger partial charge in [0.1, 0.15) is 5.75 Å². The Morgan fingerprint density at radius 2 is 2.05 bits per heavy atom. The smallest absolute Gasteiger partial charge is 0.260 e. The fourth-order valence-electron chi connectivity index (χ4n) is 1.62. The molecule has 0 bridgehead atoms. The van der Waals surface area contributed by atoms with Crippen molar-refractivity contribution in [3.63, 3.8) is 0 Å². The molecule has 1 aromatic rings. The first-order valence-corrected chi connectivity index (χ1v) is 7.13. The minimum atomic E-state index is -0.0959. The number of benzene rings is 1. The highest BCUT2D eigenvalue weighted by atomic mass is 35.5. The van der Waals surface area contributed by atoms with Gasteiger partial charge in [0.2, 0.25) is 0 Å².